The monoisotopic (exact) mass is 317 g/mol. The van der Waals surface area contributed by atoms with Gasteiger partial charge in [0.15, 0.2) is 6.61 Å². The van der Waals surface area contributed by atoms with Crippen LogP contribution in [0.5, 0.6) is 5.75 Å². The first-order valence-electron chi connectivity index (χ1n) is 6.14. The molecule has 0 unspecified atom stereocenters. The first-order chi connectivity index (χ1) is 10.5. The molecule has 0 atom stereocenters. The molecule has 0 aromatic heterocycles. The predicted octanol–water partition coefficient (Wildman–Crippen LogP) is 1.11. The van der Waals surface area contributed by atoms with Crippen molar-refractivity contribution in [2.45, 2.75) is 0 Å². The van der Waals surface area contributed by atoms with Crippen molar-refractivity contribution in [3.05, 3.63) is 34.7 Å². The number of nitriles is 1. The van der Waals surface area contributed by atoms with Crippen LogP contribution in [0.2, 0.25) is 0 Å². The summed E-state index contributed by atoms with van der Waals surface area (Å²) in [4.78, 5) is 35.6. The van der Waals surface area contributed by atoms with E-state index in [0.717, 1.165) is 16.7 Å². The van der Waals surface area contributed by atoms with Gasteiger partial charge in [-0.3, -0.25) is 19.3 Å². The lowest BCUT2D eigenvalue weighted by Gasteiger charge is -2.08. The molecule has 1 aromatic carbocycles. The Hall–Kier alpha value is -2.79. The van der Waals surface area contributed by atoms with Crippen molar-refractivity contribution in [1.29, 1.82) is 5.26 Å². The number of carbonyl (C=O) groups is 3. The van der Waals surface area contributed by atoms with Crippen molar-refractivity contribution >= 4 is 34.9 Å². The highest BCUT2D eigenvalue weighted by atomic mass is 32.2. The summed E-state index contributed by atoms with van der Waals surface area (Å²) in [6, 6.07) is 8.59. The van der Waals surface area contributed by atoms with E-state index in [-0.39, 0.29) is 11.5 Å². The number of ether oxygens (including phenoxy) is 1. The fourth-order valence-corrected chi connectivity index (χ4v) is 2.59. The molecular formula is C14H11N3O4S. The van der Waals surface area contributed by atoms with Crippen molar-refractivity contribution in [3.63, 3.8) is 0 Å². The van der Waals surface area contributed by atoms with Gasteiger partial charge in [0.2, 0.25) is 5.91 Å². The molecule has 0 radical (unpaired) electrons. The molecular weight excluding hydrogens is 306 g/mol. The van der Waals surface area contributed by atoms with Crippen molar-refractivity contribution in [2.75, 3.05) is 13.2 Å². The lowest BCUT2D eigenvalue weighted by atomic mass is 10.2. The second-order valence-electron chi connectivity index (χ2n) is 4.25. The maximum Gasteiger partial charge on any atom is 0.294 e. The molecule has 1 fully saturated rings. The Bertz CT molecular complexity index is 708. The summed E-state index contributed by atoms with van der Waals surface area (Å²) in [5, 5.41) is 7.94. The molecule has 2 rings (SSSR count). The van der Waals surface area contributed by atoms with Gasteiger partial charge in [-0.2, -0.15) is 5.26 Å². The molecule has 1 heterocycles. The van der Waals surface area contributed by atoms with Crippen LogP contribution < -0.4 is 10.5 Å². The summed E-state index contributed by atoms with van der Waals surface area (Å²) in [5.74, 6) is -0.834. The van der Waals surface area contributed by atoms with Gasteiger partial charge in [0.05, 0.1) is 4.91 Å². The molecule has 22 heavy (non-hydrogen) atoms. The molecule has 0 aliphatic carbocycles. The van der Waals surface area contributed by atoms with Gasteiger partial charge >= 0.3 is 0 Å². The maximum absolute atomic E-state index is 12.0. The SMILES string of the molecule is N#CCOc1cccc(/C=C2\SC(=O)N(CC(N)=O)C2=O)c1. The van der Waals surface area contributed by atoms with Crippen molar-refractivity contribution < 1.29 is 19.1 Å². The number of primary amides is 1. The van der Waals surface area contributed by atoms with Crippen molar-refractivity contribution in [3.8, 4) is 11.8 Å². The van der Waals surface area contributed by atoms with Gasteiger partial charge in [-0.15, -0.1) is 0 Å². The fraction of sp³-hybridized carbons (Fsp3) is 0.143. The molecule has 7 nitrogen and oxygen atoms in total. The average Bonchev–Trinajstić information content (AvgIpc) is 2.73. The van der Waals surface area contributed by atoms with Crippen LogP contribution in [-0.2, 0) is 9.59 Å². The second-order valence-corrected chi connectivity index (χ2v) is 5.25. The summed E-state index contributed by atoms with van der Waals surface area (Å²) in [5.41, 5.74) is 5.64. The van der Waals surface area contributed by atoms with Gasteiger partial charge in [-0.25, -0.2) is 0 Å². The molecule has 1 aliphatic heterocycles. The Balaban J connectivity index is 2.20. The lowest BCUT2D eigenvalue weighted by molar-refractivity contribution is -0.127. The number of carbonyl (C=O) groups excluding carboxylic acids is 3. The molecule has 1 aromatic rings. The van der Waals surface area contributed by atoms with E-state index in [9.17, 15) is 14.4 Å². The van der Waals surface area contributed by atoms with E-state index in [1.807, 2.05) is 6.07 Å². The summed E-state index contributed by atoms with van der Waals surface area (Å²) in [6.45, 7) is -0.522. The zero-order valence-corrected chi connectivity index (χ0v) is 12.1. The van der Waals surface area contributed by atoms with Crippen LogP contribution in [0.25, 0.3) is 6.08 Å². The molecule has 1 aliphatic rings. The highest BCUT2D eigenvalue weighted by molar-refractivity contribution is 8.18. The third kappa shape index (κ3) is 3.65. The van der Waals surface area contributed by atoms with E-state index in [0.29, 0.717) is 11.3 Å². The minimum absolute atomic E-state index is 0.0847. The number of nitrogens with zero attached hydrogens (tertiary/aromatic N) is 2. The van der Waals surface area contributed by atoms with Crippen LogP contribution in [0.4, 0.5) is 4.79 Å². The standard InChI is InChI=1S/C14H11N3O4S/c15-4-5-21-10-3-1-2-9(6-10)7-11-13(19)17(8-12(16)18)14(20)22-11/h1-3,6-7H,5,8H2,(H2,16,18)/b11-7-. The number of hydrogen-bond donors (Lipinski definition) is 1. The number of nitrogens with two attached hydrogens (primary N) is 1. The van der Waals surface area contributed by atoms with E-state index in [2.05, 4.69) is 0 Å². The van der Waals surface area contributed by atoms with Crippen LogP contribution in [0.1, 0.15) is 5.56 Å². The van der Waals surface area contributed by atoms with Crippen LogP contribution in [0.15, 0.2) is 29.2 Å². The number of thioether (sulfide) groups is 1. The maximum atomic E-state index is 12.0. The number of hydrogen-bond acceptors (Lipinski definition) is 6. The lowest BCUT2D eigenvalue weighted by Crippen LogP contribution is -2.36. The normalized spacial score (nSPS) is 16.0. The minimum Gasteiger partial charge on any atom is -0.479 e. The summed E-state index contributed by atoms with van der Waals surface area (Å²) in [6.07, 6.45) is 1.52. The zero-order chi connectivity index (χ0) is 16.1. The first-order valence-corrected chi connectivity index (χ1v) is 6.96. The van der Waals surface area contributed by atoms with Crippen molar-refractivity contribution in [1.82, 2.24) is 4.90 Å². The van der Waals surface area contributed by atoms with Crippen molar-refractivity contribution in [2.24, 2.45) is 5.73 Å². The molecule has 0 saturated carbocycles. The Kier molecular flexibility index (Phi) is 4.80. The quantitative estimate of drug-likeness (QED) is 0.814. The van der Waals surface area contributed by atoms with Gasteiger partial charge < -0.3 is 10.5 Å². The zero-order valence-electron chi connectivity index (χ0n) is 11.3. The molecule has 2 N–H and O–H groups in total. The van der Waals surface area contributed by atoms with Gasteiger partial charge in [-0.1, -0.05) is 12.1 Å². The average molecular weight is 317 g/mol. The highest BCUT2D eigenvalue weighted by Crippen LogP contribution is 2.32. The van der Waals surface area contributed by atoms with E-state index in [1.165, 1.54) is 6.08 Å². The smallest absolute Gasteiger partial charge is 0.294 e. The topological polar surface area (TPSA) is 113 Å². The molecule has 8 heteroatoms. The summed E-state index contributed by atoms with van der Waals surface area (Å²) in [7, 11) is 0. The third-order valence-corrected chi connectivity index (χ3v) is 3.55. The molecule has 112 valence electrons. The Morgan fingerprint density at radius 3 is 2.91 bits per heavy atom. The van der Waals surface area contributed by atoms with Gasteiger partial charge in [-0.05, 0) is 35.5 Å². The number of imide groups is 1. The van der Waals surface area contributed by atoms with Crippen LogP contribution in [0, 0.1) is 11.3 Å². The summed E-state index contributed by atoms with van der Waals surface area (Å²) >= 11 is 0.740. The number of rotatable bonds is 5. The van der Waals surface area contributed by atoms with Gasteiger partial charge in [0, 0.05) is 0 Å². The number of amides is 3. The van der Waals surface area contributed by atoms with Gasteiger partial charge in [0.1, 0.15) is 18.4 Å². The first kappa shape index (κ1) is 15.6. The van der Waals surface area contributed by atoms with Gasteiger partial charge in [0.25, 0.3) is 11.1 Å². The predicted molar refractivity (Wildman–Crippen MR) is 79.4 cm³/mol. The van der Waals surface area contributed by atoms with E-state index in [4.69, 9.17) is 15.7 Å². The van der Waals surface area contributed by atoms with Crippen LogP contribution >= 0.6 is 11.8 Å². The second kappa shape index (κ2) is 6.78. The minimum atomic E-state index is -0.754. The van der Waals surface area contributed by atoms with E-state index in [1.54, 1.807) is 24.3 Å². The van der Waals surface area contributed by atoms with Crippen LogP contribution in [0.3, 0.4) is 0 Å². The van der Waals surface area contributed by atoms with Crippen LogP contribution in [-0.4, -0.2) is 35.1 Å². The Morgan fingerprint density at radius 1 is 1.45 bits per heavy atom. The molecule has 3 amide bonds. The Labute approximate surface area is 130 Å². The Morgan fingerprint density at radius 2 is 2.23 bits per heavy atom. The van der Waals surface area contributed by atoms with E-state index >= 15 is 0 Å². The third-order valence-electron chi connectivity index (χ3n) is 2.65. The molecule has 0 spiro atoms. The molecule has 0 bridgehead atoms. The molecule has 1 saturated heterocycles. The largest absolute Gasteiger partial charge is 0.479 e. The number of benzene rings is 1. The fourth-order valence-electron chi connectivity index (χ4n) is 1.75. The highest BCUT2D eigenvalue weighted by Gasteiger charge is 2.35. The van der Waals surface area contributed by atoms with E-state index < -0.39 is 23.6 Å². The summed E-state index contributed by atoms with van der Waals surface area (Å²) < 4.78 is 5.16.